The zero-order valence-corrected chi connectivity index (χ0v) is 10.9. The van der Waals surface area contributed by atoms with Gasteiger partial charge in [-0.15, -0.1) is 0 Å². The Labute approximate surface area is 104 Å². The largest absolute Gasteiger partial charge is 0.488 e. The normalized spacial score (nSPS) is 13.5. The van der Waals surface area contributed by atoms with Crippen molar-refractivity contribution in [2.75, 3.05) is 6.61 Å². The molecule has 0 aromatic heterocycles. The third-order valence-corrected chi connectivity index (χ3v) is 2.41. The minimum atomic E-state index is -0.180. The molecular weight excluding hydrogens is 214 g/mol. The molecule has 0 radical (unpaired) electrons. The van der Waals surface area contributed by atoms with Gasteiger partial charge in [0.1, 0.15) is 11.4 Å². The molecule has 3 nitrogen and oxygen atoms in total. The summed E-state index contributed by atoms with van der Waals surface area (Å²) in [6.07, 6.45) is 1.54. The van der Waals surface area contributed by atoms with Crippen LogP contribution in [0.5, 0.6) is 5.75 Å². The number of benzene rings is 1. The van der Waals surface area contributed by atoms with Crippen molar-refractivity contribution >= 4 is 0 Å². The number of hydrogen-bond acceptors (Lipinski definition) is 3. The monoisotopic (exact) mass is 237 g/mol. The third kappa shape index (κ3) is 5.20. The van der Waals surface area contributed by atoms with E-state index in [9.17, 15) is 0 Å². The molecule has 96 valence electrons. The van der Waals surface area contributed by atoms with Crippen molar-refractivity contribution in [2.24, 2.45) is 5.73 Å². The predicted molar refractivity (Wildman–Crippen MR) is 70.1 cm³/mol. The fraction of sp³-hybridized carbons (Fsp3) is 0.571. The van der Waals surface area contributed by atoms with Gasteiger partial charge in [0.15, 0.2) is 0 Å². The first-order valence-electron chi connectivity index (χ1n) is 6.08. The standard InChI is InChI=1S/C14H23NO2/c1-14(2,3)17-12-8-6-11(7-9-12)13(15)5-4-10-16/h6-9,13,16H,4-5,10,15H2,1-3H3/t13-/m1/s1. The fourth-order valence-corrected chi connectivity index (χ4v) is 1.61. The molecule has 0 bridgehead atoms. The van der Waals surface area contributed by atoms with Crippen molar-refractivity contribution in [1.82, 2.24) is 0 Å². The first-order valence-corrected chi connectivity index (χ1v) is 6.08. The summed E-state index contributed by atoms with van der Waals surface area (Å²) in [6, 6.07) is 7.86. The van der Waals surface area contributed by atoms with Crippen LogP contribution < -0.4 is 10.5 Å². The lowest BCUT2D eigenvalue weighted by molar-refractivity contribution is 0.131. The van der Waals surface area contributed by atoms with Gasteiger partial charge in [0, 0.05) is 12.6 Å². The molecule has 0 amide bonds. The van der Waals surface area contributed by atoms with Crippen LogP contribution in [0.15, 0.2) is 24.3 Å². The second-order valence-corrected chi connectivity index (χ2v) is 5.26. The second-order valence-electron chi connectivity index (χ2n) is 5.26. The molecule has 3 N–H and O–H groups in total. The van der Waals surface area contributed by atoms with E-state index in [0.717, 1.165) is 24.2 Å². The molecule has 0 saturated carbocycles. The van der Waals surface area contributed by atoms with E-state index in [-0.39, 0.29) is 18.2 Å². The Morgan fingerprint density at radius 3 is 2.29 bits per heavy atom. The molecule has 1 atom stereocenters. The first-order chi connectivity index (χ1) is 7.92. The maximum absolute atomic E-state index is 8.76. The second kappa shape index (κ2) is 6.03. The van der Waals surface area contributed by atoms with Crippen molar-refractivity contribution in [1.29, 1.82) is 0 Å². The zero-order chi connectivity index (χ0) is 12.9. The summed E-state index contributed by atoms with van der Waals surface area (Å²) in [4.78, 5) is 0. The van der Waals surface area contributed by atoms with Gasteiger partial charge in [-0.2, -0.15) is 0 Å². The number of nitrogens with two attached hydrogens (primary N) is 1. The van der Waals surface area contributed by atoms with Crippen LogP contribution in [0, 0.1) is 0 Å². The maximum atomic E-state index is 8.76. The Morgan fingerprint density at radius 1 is 1.24 bits per heavy atom. The highest BCUT2D eigenvalue weighted by Gasteiger charge is 2.12. The van der Waals surface area contributed by atoms with Crippen LogP contribution in [0.25, 0.3) is 0 Å². The summed E-state index contributed by atoms with van der Waals surface area (Å²) >= 11 is 0. The Kier molecular flexibility index (Phi) is 4.97. The molecule has 0 fully saturated rings. The van der Waals surface area contributed by atoms with Crippen molar-refractivity contribution in [3.63, 3.8) is 0 Å². The zero-order valence-electron chi connectivity index (χ0n) is 10.9. The SMILES string of the molecule is CC(C)(C)Oc1ccc([C@H](N)CCCO)cc1. The Bertz CT molecular complexity index is 327. The van der Waals surface area contributed by atoms with E-state index >= 15 is 0 Å². The van der Waals surface area contributed by atoms with E-state index in [1.54, 1.807) is 0 Å². The quantitative estimate of drug-likeness (QED) is 0.827. The number of ether oxygens (including phenoxy) is 1. The number of aliphatic hydroxyl groups is 1. The van der Waals surface area contributed by atoms with E-state index < -0.39 is 0 Å². The lowest BCUT2D eigenvalue weighted by Gasteiger charge is -2.21. The van der Waals surface area contributed by atoms with Gasteiger partial charge in [-0.1, -0.05) is 12.1 Å². The van der Waals surface area contributed by atoms with Gasteiger partial charge in [0.2, 0.25) is 0 Å². The molecule has 0 unspecified atom stereocenters. The summed E-state index contributed by atoms with van der Waals surface area (Å²) in [5, 5.41) is 8.76. The maximum Gasteiger partial charge on any atom is 0.120 e. The van der Waals surface area contributed by atoms with Crippen LogP contribution in [0.3, 0.4) is 0 Å². The molecule has 1 rings (SSSR count). The van der Waals surface area contributed by atoms with Crippen molar-refractivity contribution < 1.29 is 9.84 Å². The molecule has 1 aromatic carbocycles. The van der Waals surface area contributed by atoms with Crippen LogP contribution in [-0.2, 0) is 0 Å². The number of rotatable bonds is 5. The molecule has 0 spiro atoms. The average Bonchev–Trinajstić information content (AvgIpc) is 2.24. The van der Waals surface area contributed by atoms with E-state index in [4.69, 9.17) is 15.6 Å². The van der Waals surface area contributed by atoms with Crippen LogP contribution in [-0.4, -0.2) is 17.3 Å². The molecular formula is C14H23NO2. The van der Waals surface area contributed by atoms with Gasteiger partial charge in [0.25, 0.3) is 0 Å². The molecule has 0 aliphatic carbocycles. The van der Waals surface area contributed by atoms with Gasteiger partial charge in [-0.3, -0.25) is 0 Å². The number of hydrogen-bond donors (Lipinski definition) is 2. The van der Waals surface area contributed by atoms with Crippen LogP contribution in [0.2, 0.25) is 0 Å². The van der Waals surface area contributed by atoms with Crippen LogP contribution >= 0.6 is 0 Å². The minimum absolute atomic E-state index is 0.00848. The van der Waals surface area contributed by atoms with Crippen molar-refractivity contribution in [3.05, 3.63) is 29.8 Å². The molecule has 0 aliphatic rings. The average molecular weight is 237 g/mol. The van der Waals surface area contributed by atoms with Gasteiger partial charge < -0.3 is 15.6 Å². The van der Waals surface area contributed by atoms with E-state index in [0.29, 0.717) is 0 Å². The highest BCUT2D eigenvalue weighted by molar-refractivity contribution is 5.29. The molecule has 3 heteroatoms. The van der Waals surface area contributed by atoms with Crippen molar-refractivity contribution in [3.8, 4) is 5.75 Å². The molecule has 0 heterocycles. The number of aliphatic hydroxyl groups excluding tert-OH is 1. The molecule has 17 heavy (non-hydrogen) atoms. The lowest BCUT2D eigenvalue weighted by atomic mass is 10.0. The molecule has 0 aliphatic heterocycles. The van der Waals surface area contributed by atoms with Crippen LogP contribution in [0.1, 0.15) is 45.2 Å². The van der Waals surface area contributed by atoms with Gasteiger partial charge in [-0.05, 0) is 51.3 Å². The van der Waals surface area contributed by atoms with Gasteiger partial charge in [-0.25, -0.2) is 0 Å². The molecule has 0 saturated heterocycles. The highest BCUT2D eigenvalue weighted by atomic mass is 16.5. The van der Waals surface area contributed by atoms with Gasteiger partial charge in [0.05, 0.1) is 0 Å². The fourth-order valence-electron chi connectivity index (χ4n) is 1.61. The van der Waals surface area contributed by atoms with E-state index in [2.05, 4.69) is 0 Å². The van der Waals surface area contributed by atoms with E-state index in [1.807, 2.05) is 45.0 Å². The summed E-state index contributed by atoms with van der Waals surface area (Å²) in [5.41, 5.74) is 6.91. The Balaban J connectivity index is 2.61. The van der Waals surface area contributed by atoms with Crippen molar-refractivity contribution in [2.45, 2.75) is 45.3 Å². The summed E-state index contributed by atoms with van der Waals surface area (Å²) in [6.45, 7) is 6.26. The Morgan fingerprint density at radius 2 is 1.82 bits per heavy atom. The van der Waals surface area contributed by atoms with E-state index in [1.165, 1.54) is 0 Å². The summed E-state index contributed by atoms with van der Waals surface area (Å²) in [7, 11) is 0. The minimum Gasteiger partial charge on any atom is -0.488 e. The smallest absolute Gasteiger partial charge is 0.120 e. The lowest BCUT2D eigenvalue weighted by Crippen LogP contribution is -2.22. The third-order valence-electron chi connectivity index (χ3n) is 2.41. The molecule has 1 aromatic rings. The summed E-state index contributed by atoms with van der Waals surface area (Å²) < 4.78 is 5.74. The predicted octanol–water partition coefficient (Wildman–Crippen LogP) is 2.64. The van der Waals surface area contributed by atoms with Crippen LogP contribution in [0.4, 0.5) is 0 Å². The Hall–Kier alpha value is -1.06. The first kappa shape index (κ1) is 14.0. The summed E-state index contributed by atoms with van der Waals surface area (Å²) in [5.74, 6) is 0.857. The topological polar surface area (TPSA) is 55.5 Å². The highest BCUT2D eigenvalue weighted by Crippen LogP contribution is 2.22. The van der Waals surface area contributed by atoms with Gasteiger partial charge >= 0.3 is 0 Å².